The minimum absolute atomic E-state index is 0.583. The maximum atomic E-state index is 11.9. The van der Waals surface area contributed by atoms with Gasteiger partial charge < -0.3 is 10.2 Å². The van der Waals surface area contributed by atoms with E-state index in [1.807, 2.05) is 0 Å². The predicted molar refractivity (Wildman–Crippen MR) is 278 cm³/mol. The van der Waals surface area contributed by atoms with Gasteiger partial charge in [-0.2, -0.15) is 0 Å². The molecule has 0 aromatic heterocycles. The van der Waals surface area contributed by atoms with Gasteiger partial charge in [0, 0.05) is 0 Å². The summed E-state index contributed by atoms with van der Waals surface area (Å²) in [5.74, 6) is -1.39. The molecule has 0 fully saturated rings. The van der Waals surface area contributed by atoms with Crippen molar-refractivity contribution in [3.63, 3.8) is 0 Å². The number of aliphatic hydroxyl groups is 1. The molecular formula is C59H116O3. The van der Waals surface area contributed by atoms with Crippen molar-refractivity contribution in [3.05, 3.63) is 12.2 Å². The second-order valence-corrected chi connectivity index (χ2v) is 20.4. The fourth-order valence-electron chi connectivity index (χ4n) is 9.73. The highest BCUT2D eigenvalue weighted by molar-refractivity contribution is 5.70. The molecule has 3 heteroatoms. The Balaban J connectivity index is 3.40. The first-order chi connectivity index (χ1) is 30.6. The van der Waals surface area contributed by atoms with Gasteiger partial charge in [-0.1, -0.05) is 321 Å². The number of hydrogen-bond donors (Lipinski definition) is 2. The van der Waals surface area contributed by atoms with Crippen LogP contribution in [0.3, 0.4) is 0 Å². The van der Waals surface area contributed by atoms with E-state index in [2.05, 4.69) is 26.0 Å². The smallest absolute Gasteiger partial charge is 0.309 e. The zero-order chi connectivity index (χ0) is 44.9. The van der Waals surface area contributed by atoms with Crippen LogP contribution in [0.1, 0.15) is 348 Å². The molecule has 0 spiro atoms. The van der Waals surface area contributed by atoms with Crippen LogP contribution in [-0.2, 0) is 4.79 Å². The summed E-state index contributed by atoms with van der Waals surface area (Å²) in [5.41, 5.74) is 0. The van der Waals surface area contributed by atoms with Crippen molar-refractivity contribution in [2.45, 2.75) is 354 Å². The summed E-state index contributed by atoms with van der Waals surface area (Å²) >= 11 is 0. The number of carboxylic acids is 1. The molecule has 0 aliphatic rings. The molecule has 0 saturated heterocycles. The molecule has 2 atom stereocenters. The molecule has 2 unspecified atom stereocenters. The van der Waals surface area contributed by atoms with E-state index >= 15 is 0 Å². The van der Waals surface area contributed by atoms with Crippen molar-refractivity contribution in [2.75, 3.05) is 0 Å². The van der Waals surface area contributed by atoms with Crippen LogP contribution in [0.25, 0.3) is 0 Å². The van der Waals surface area contributed by atoms with Gasteiger partial charge in [-0.05, 0) is 38.5 Å². The molecule has 0 radical (unpaired) electrons. The first kappa shape index (κ1) is 61.2. The van der Waals surface area contributed by atoms with Crippen molar-refractivity contribution in [2.24, 2.45) is 5.92 Å². The van der Waals surface area contributed by atoms with Crippen LogP contribution in [0.5, 0.6) is 0 Å². The summed E-state index contributed by atoms with van der Waals surface area (Å²) in [5, 5.41) is 20.4. The minimum atomic E-state index is -0.803. The van der Waals surface area contributed by atoms with Gasteiger partial charge >= 0.3 is 5.97 Å². The molecule has 0 aromatic rings. The third kappa shape index (κ3) is 50.2. The number of aliphatic hydroxyl groups excluding tert-OH is 1. The molecule has 0 bridgehead atoms. The Morgan fingerprint density at radius 3 is 0.726 bits per heavy atom. The standard InChI is InChI=1S/C59H116O3/c1-3-5-7-9-11-13-15-17-19-21-23-25-26-27-28-29-30-31-32-33-34-35-36-38-40-42-44-46-48-50-52-54-56-58(60)57(59(61)62)55-53-51-49-47-45-43-41-39-37-24-22-20-18-16-14-12-10-8-6-4-2/h31-32,57-58,60H,3-30,33-56H2,1-2H3,(H,61,62)/b32-31-. The normalized spacial score (nSPS) is 12.8. The Morgan fingerprint density at radius 1 is 0.306 bits per heavy atom. The quantitative estimate of drug-likeness (QED) is 0.0473. The maximum absolute atomic E-state index is 11.9. The molecule has 0 aromatic carbocycles. The third-order valence-corrected chi connectivity index (χ3v) is 14.2. The molecule has 3 nitrogen and oxygen atoms in total. The summed E-state index contributed by atoms with van der Waals surface area (Å²) < 4.78 is 0. The average Bonchev–Trinajstić information content (AvgIpc) is 3.27. The van der Waals surface area contributed by atoms with Crippen LogP contribution in [0.15, 0.2) is 12.2 Å². The number of carbonyl (C=O) groups is 1. The Labute approximate surface area is 391 Å². The Morgan fingerprint density at radius 2 is 0.500 bits per heavy atom. The van der Waals surface area contributed by atoms with E-state index < -0.39 is 18.0 Å². The fraction of sp³-hybridized carbons (Fsp3) is 0.949. The Hall–Kier alpha value is -0.830. The molecule has 370 valence electrons. The van der Waals surface area contributed by atoms with Gasteiger partial charge in [0.2, 0.25) is 0 Å². The van der Waals surface area contributed by atoms with E-state index in [1.54, 1.807) is 0 Å². The summed E-state index contributed by atoms with van der Waals surface area (Å²) in [6.07, 6.45) is 73.8. The van der Waals surface area contributed by atoms with Gasteiger partial charge in [0.15, 0.2) is 0 Å². The van der Waals surface area contributed by atoms with Crippen molar-refractivity contribution in [1.82, 2.24) is 0 Å². The average molecular weight is 874 g/mol. The van der Waals surface area contributed by atoms with E-state index in [-0.39, 0.29) is 0 Å². The van der Waals surface area contributed by atoms with Crippen LogP contribution >= 0.6 is 0 Å². The number of unbranched alkanes of at least 4 members (excludes halogenated alkanes) is 47. The van der Waals surface area contributed by atoms with Gasteiger partial charge in [-0.25, -0.2) is 0 Å². The van der Waals surface area contributed by atoms with Crippen LogP contribution in [-0.4, -0.2) is 22.3 Å². The predicted octanol–water partition coefficient (Wildman–Crippen LogP) is 20.9. The van der Waals surface area contributed by atoms with Gasteiger partial charge in [0.25, 0.3) is 0 Å². The minimum Gasteiger partial charge on any atom is -0.481 e. The van der Waals surface area contributed by atoms with Crippen molar-refractivity contribution in [3.8, 4) is 0 Å². The van der Waals surface area contributed by atoms with Crippen LogP contribution in [0.2, 0.25) is 0 Å². The van der Waals surface area contributed by atoms with Crippen molar-refractivity contribution < 1.29 is 15.0 Å². The number of aliphatic carboxylic acids is 1. The van der Waals surface area contributed by atoms with Gasteiger partial charge in [-0.3, -0.25) is 4.79 Å². The number of rotatable bonds is 55. The zero-order valence-electron chi connectivity index (χ0n) is 42.9. The topological polar surface area (TPSA) is 57.5 Å². The summed E-state index contributed by atoms with van der Waals surface area (Å²) in [7, 11) is 0. The van der Waals surface area contributed by atoms with Crippen LogP contribution in [0.4, 0.5) is 0 Å². The van der Waals surface area contributed by atoms with Crippen LogP contribution in [0, 0.1) is 5.92 Å². The number of hydrogen-bond acceptors (Lipinski definition) is 2. The van der Waals surface area contributed by atoms with E-state index in [0.717, 1.165) is 25.7 Å². The highest BCUT2D eigenvalue weighted by Crippen LogP contribution is 2.22. The van der Waals surface area contributed by atoms with Crippen molar-refractivity contribution >= 4 is 5.97 Å². The molecule has 2 N–H and O–H groups in total. The fourth-order valence-corrected chi connectivity index (χ4v) is 9.73. The van der Waals surface area contributed by atoms with Crippen molar-refractivity contribution in [1.29, 1.82) is 0 Å². The molecule has 0 aliphatic carbocycles. The molecule has 0 amide bonds. The first-order valence-corrected chi connectivity index (χ1v) is 29.2. The Kier molecular flexibility index (Phi) is 53.8. The third-order valence-electron chi connectivity index (χ3n) is 14.2. The van der Waals surface area contributed by atoms with E-state index in [9.17, 15) is 15.0 Å². The molecule has 0 heterocycles. The molecule has 0 aliphatic heterocycles. The molecule has 62 heavy (non-hydrogen) atoms. The summed E-state index contributed by atoms with van der Waals surface area (Å²) in [6.45, 7) is 4.60. The van der Waals surface area contributed by atoms with Gasteiger partial charge in [0.05, 0.1) is 12.0 Å². The second kappa shape index (κ2) is 54.5. The Bertz CT molecular complexity index is 852. The summed E-state index contributed by atoms with van der Waals surface area (Å²) in [6, 6.07) is 0. The zero-order valence-corrected chi connectivity index (χ0v) is 42.9. The van der Waals surface area contributed by atoms with E-state index in [0.29, 0.717) is 12.8 Å². The molecular weight excluding hydrogens is 757 g/mol. The van der Waals surface area contributed by atoms with Crippen LogP contribution < -0.4 is 0 Å². The largest absolute Gasteiger partial charge is 0.481 e. The number of carboxylic acid groups (broad SMARTS) is 1. The highest BCUT2D eigenvalue weighted by Gasteiger charge is 2.25. The second-order valence-electron chi connectivity index (χ2n) is 20.4. The maximum Gasteiger partial charge on any atom is 0.309 e. The molecule has 0 saturated carbocycles. The van der Waals surface area contributed by atoms with Gasteiger partial charge in [0.1, 0.15) is 0 Å². The van der Waals surface area contributed by atoms with E-state index in [4.69, 9.17) is 0 Å². The lowest BCUT2D eigenvalue weighted by Gasteiger charge is -2.19. The monoisotopic (exact) mass is 873 g/mol. The lowest BCUT2D eigenvalue weighted by molar-refractivity contribution is -0.146. The van der Waals surface area contributed by atoms with Gasteiger partial charge in [-0.15, -0.1) is 0 Å². The van der Waals surface area contributed by atoms with E-state index in [1.165, 1.54) is 295 Å². The molecule has 0 rings (SSSR count). The highest BCUT2D eigenvalue weighted by atomic mass is 16.4. The lowest BCUT2D eigenvalue weighted by atomic mass is 9.91. The SMILES string of the molecule is CCCCCCCCCCCCCCCCCC/C=C\CCCCCCCCCCCCCCC(O)C(CCCCCCCCCCCCCCCCCCCCCC)C(=O)O. The first-order valence-electron chi connectivity index (χ1n) is 29.2. The number of allylic oxidation sites excluding steroid dienone is 2. The summed E-state index contributed by atoms with van der Waals surface area (Å²) in [4.78, 5) is 11.9. The lowest BCUT2D eigenvalue weighted by Crippen LogP contribution is -2.28.